The molecule has 0 atom stereocenters. The monoisotopic (exact) mass is 452 g/mol. The molecular formula is C25H24N8O. The van der Waals surface area contributed by atoms with Gasteiger partial charge in [0.25, 0.3) is 0 Å². The molecule has 9 nitrogen and oxygen atoms in total. The van der Waals surface area contributed by atoms with Crippen molar-refractivity contribution in [2.24, 2.45) is 12.1 Å². The molecule has 1 N–H and O–H groups in total. The van der Waals surface area contributed by atoms with E-state index in [0.29, 0.717) is 30.5 Å². The molecule has 4 heterocycles. The summed E-state index contributed by atoms with van der Waals surface area (Å²) in [5.41, 5.74) is 7.69. The van der Waals surface area contributed by atoms with Gasteiger partial charge in [0, 0.05) is 48.5 Å². The zero-order valence-electron chi connectivity index (χ0n) is 18.8. The van der Waals surface area contributed by atoms with Gasteiger partial charge in [0.1, 0.15) is 6.33 Å². The first-order valence-electron chi connectivity index (χ1n) is 11.2. The second-order valence-corrected chi connectivity index (χ2v) is 8.18. The van der Waals surface area contributed by atoms with Gasteiger partial charge in [0.05, 0.1) is 19.4 Å². The van der Waals surface area contributed by atoms with E-state index in [9.17, 15) is 0 Å². The summed E-state index contributed by atoms with van der Waals surface area (Å²) >= 11 is 0. The molecule has 34 heavy (non-hydrogen) atoms. The Morgan fingerprint density at radius 3 is 2.65 bits per heavy atom. The van der Waals surface area contributed by atoms with Crippen LogP contribution < -0.4 is 10.3 Å². The summed E-state index contributed by atoms with van der Waals surface area (Å²) in [7, 11) is 2.03. The average molecular weight is 453 g/mol. The van der Waals surface area contributed by atoms with E-state index in [1.54, 1.807) is 6.33 Å². The SMILES string of the molecule is Cn1cc(C=NNc2nc(N3CCOCC3)nc3c2ncn3-c2ccccc2)c2ccccc21. The Hall–Kier alpha value is -4.24. The van der Waals surface area contributed by atoms with E-state index in [4.69, 9.17) is 14.7 Å². The van der Waals surface area contributed by atoms with Gasteiger partial charge in [0.15, 0.2) is 17.0 Å². The normalized spacial score (nSPS) is 14.4. The van der Waals surface area contributed by atoms with Crippen molar-refractivity contribution in [3.63, 3.8) is 0 Å². The summed E-state index contributed by atoms with van der Waals surface area (Å²) in [5, 5.41) is 5.67. The second kappa shape index (κ2) is 8.60. The number of aromatic nitrogens is 5. The van der Waals surface area contributed by atoms with Gasteiger partial charge in [-0.25, -0.2) is 4.98 Å². The number of nitrogens with one attached hydrogen (secondary N) is 1. The van der Waals surface area contributed by atoms with E-state index in [0.717, 1.165) is 40.9 Å². The number of ether oxygens (including phenoxy) is 1. The minimum Gasteiger partial charge on any atom is -0.378 e. The fraction of sp³-hybridized carbons (Fsp3) is 0.200. The van der Waals surface area contributed by atoms with Crippen molar-refractivity contribution in [2.75, 3.05) is 36.6 Å². The van der Waals surface area contributed by atoms with Crippen LogP contribution in [-0.4, -0.2) is 56.6 Å². The Bertz CT molecular complexity index is 1480. The van der Waals surface area contributed by atoms with Crippen LogP contribution in [0.15, 0.2) is 72.2 Å². The van der Waals surface area contributed by atoms with Gasteiger partial charge in [-0.05, 0) is 18.2 Å². The molecule has 3 aromatic heterocycles. The van der Waals surface area contributed by atoms with Crippen LogP contribution in [0.3, 0.4) is 0 Å². The second-order valence-electron chi connectivity index (χ2n) is 8.18. The number of hydrogen-bond acceptors (Lipinski definition) is 7. The van der Waals surface area contributed by atoms with Gasteiger partial charge in [-0.2, -0.15) is 15.1 Å². The number of rotatable bonds is 5. The Labute approximate surface area is 196 Å². The summed E-state index contributed by atoms with van der Waals surface area (Å²) in [5.74, 6) is 1.20. The smallest absolute Gasteiger partial charge is 0.229 e. The van der Waals surface area contributed by atoms with E-state index >= 15 is 0 Å². The van der Waals surface area contributed by atoms with Gasteiger partial charge in [-0.1, -0.05) is 36.4 Å². The first-order valence-corrected chi connectivity index (χ1v) is 11.2. The molecule has 0 bridgehead atoms. The number of benzene rings is 2. The predicted octanol–water partition coefficient (Wildman–Crippen LogP) is 3.59. The van der Waals surface area contributed by atoms with E-state index in [1.165, 1.54) is 0 Å². The predicted molar refractivity (Wildman–Crippen MR) is 134 cm³/mol. The molecule has 2 aromatic carbocycles. The molecule has 5 aromatic rings. The maximum Gasteiger partial charge on any atom is 0.229 e. The minimum atomic E-state index is 0.567. The fourth-order valence-corrected chi connectivity index (χ4v) is 4.29. The molecule has 1 aliphatic heterocycles. The number of aryl methyl sites for hydroxylation is 1. The third kappa shape index (κ3) is 3.65. The molecule has 1 aliphatic rings. The highest BCUT2D eigenvalue weighted by Gasteiger charge is 2.19. The zero-order chi connectivity index (χ0) is 22.9. The summed E-state index contributed by atoms with van der Waals surface area (Å²) in [6.45, 7) is 2.79. The number of morpholine rings is 1. The molecule has 0 amide bonds. The van der Waals surface area contributed by atoms with Crippen LogP contribution >= 0.6 is 0 Å². The average Bonchev–Trinajstić information content (AvgIpc) is 3.46. The summed E-state index contributed by atoms with van der Waals surface area (Å²) in [4.78, 5) is 16.4. The van der Waals surface area contributed by atoms with Crippen LogP contribution in [0.5, 0.6) is 0 Å². The molecule has 6 rings (SSSR count). The number of nitrogens with zero attached hydrogens (tertiary/aromatic N) is 7. The highest BCUT2D eigenvalue weighted by Crippen LogP contribution is 2.26. The molecule has 1 saturated heterocycles. The third-order valence-corrected chi connectivity index (χ3v) is 6.01. The first kappa shape index (κ1) is 20.4. The fourth-order valence-electron chi connectivity index (χ4n) is 4.29. The maximum atomic E-state index is 5.51. The Kier molecular flexibility index (Phi) is 5.15. The molecule has 0 saturated carbocycles. The molecule has 0 aliphatic carbocycles. The van der Waals surface area contributed by atoms with Crippen LogP contribution in [-0.2, 0) is 11.8 Å². The molecule has 1 fully saturated rings. The third-order valence-electron chi connectivity index (χ3n) is 6.01. The lowest BCUT2D eigenvalue weighted by Gasteiger charge is -2.27. The van der Waals surface area contributed by atoms with Crippen molar-refractivity contribution in [1.82, 2.24) is 24.1 Å². The lowest BCUT2D eigenvalue weighted by molar-refractivity contribution is 0.122. The van der Waals surface area contributed by atoms with Crippen molar-refractivity contribution >= 4 is 40.0 Å². The summed E-state index contributed by atoms with van der Waals surface area (Å²) in [6.07, 6.45) is 5.66. The Balaban J connectivity index is 1.40. The van der Waals surface area contributed by atoms with Gasteiger partial charge in [-0.3, -0.25) is 9.99 Å². The molecule has 0 unspecified atom stereocenters. The Morgan fingerprint density at radius 2 is 1.79 bits per heavy atom. The summed E-state index contributed by atoms with van der Waals surface area (Å²) < 4.78 is 9.58. The molecule has 0 spiro atoms. The molecular weight excluding hydrogens is 428 g/mol. The maximum absolute atomic E-state index is 5.51. The van der Waals surface area contributed by atoms with Gasteiger partial charge in [-0.15, -0.1) is 0 Å². The quantitative estimate of drug-likeness (QED) is 0.324. The summed E-state index contributed by atoms with van der Waals surface area (Å²) in [6, 6.07) is 18.3. The van der Waals surface area contributed by atoms with Crippen molar-refractivity contribution in [3.8, 4) is 5.69 Å². The number of imidazole rings is 1. The van der Waals surface area contributed by atoms with Crippen LogP contribution in [0.2, 0.25) is 0 Å². The zero-order valence-corrected chi connectivity index (χ0v) is 18.8. The number of fused-ring (bicyclic) bond motifs is 2. The molecule has 9 heteroatoms. The number of para-hydroxylation sites is 2. The number of hydrogen-bond donors (Lipinski definition) is 1. The van der Waals surface area contributed by atoms with Crippen molar-refractivity contribution in [2.45, 2.75) is 0 Å². The van der Waals surface area contributed by atoms with E-state index in [-0.39, 0.29) is 0 Å². The highest BCUT2D eigenvalue weighted by atomic mass is 16.5. The molecule has 170 valence electrons. The lowest BCUT2D eigenvalue weighted by atomic mass is 10.2. The first-order chi connectivity index (χ1) is 16.8. The van der Waals surface area contributed by atoms with Gasteiger partial charge >= 0.3 is 0 Å². The van der Waals surface area contributed by atoms with E-state index < -0.39 is 0 Å². The van der Waals surface area contributed by atoms with Crippen molar-refractivity contribution < 1.29 is 4.74 Å². The molecule has 0 radical (unpaired) electrons. The minimum absolute atomic E-state index is 0.567. The Morgan fingerprint density at radius 1 is 1.00 bits per heavy atom. The standard InChI is InChI=1S/C25H24N8O/c1-31-16-18(20-9-5-6-10-21(20)31)15-27-30-23-22-24(29-25(28-23)32-11-13-34-14-12-32)33(17-26-22)19-7-3-2-4-8-19/h2-10,15-17H,11-14H2,1H3,(H,28,29,30). The highest BCUT2D eigenvalue weighted by molar-refractivity contribution is 5.99. The number of anilines is 2. The van der Waals surface area contributed by atoms with Crippen molar-refractivity contribution in [3.05, 3.63) is 72.7 Å². The lowest BCUT2D eigenvalue weighted by Crippen LogP contribution is -2.37. The van der Waals surface area contributed by atoms with E-state index in [1.807, 2.05) is 60.3 Å². The van der Waals surface area contributed by atoms with Crippen LogP contribution in [0.1, 0.15) is 5.56 Å². The van der Waals surface area contributed by atoms with E-state index in [2.05, 4.69) is 43.3 Å². The topological polar surface area (TPSA) is 85.4 Å². The van der Waals surface area contributed by atoms with Gasteiger partial charge < -0.3 is 14.2 Å². The van der Waals surface area contributed by atoms with Crippen LogP contribution in [0.25, 0.3) is 27.8 Å². The van der Waals surface area contributed by atoms with Crippen LogP contribution in [0, 0.1) is 0 Å². The van der Waals surface area contributed by atoms with Gasteiger partial charge in [0.2, 0.25) is 5.95 Å². The largest absolute Gasteiger partial charge is 0.378 e. The number of hydrazone groups is 1. The van der Waals surface area contributed by atoms with Crippen LogP contribution in [0.4, 0.5) is 11.8 Å². The van der Waals surface area contributed by atoms with Crippen molar-refractivity contribution in [1.29, 1.82) is 0 Å².